The summed E-state index contributed by atoms with van der Waals surface area (Å²) in [7, 11) is 0. The first-order valence-electron chi connectivity index (χ1n) is 6.62. The smallest absolute Gasteiger partial charge is 0.126 e. The van der Waals surface area contributed by atoms with Gasteiger partial charge < -0.3 is 5.11 Å². The van der Waals surface area contributed by atoms with E-state index in [4.69, 9.17) is 0 Å². The fraction of sp³-hybridized carbons (Fsp3) is 0.118. The third kappa shape index (κ3) is 2.96. The molecule has 2 aromatic carbocycles. The summed E-state index contributed by atoms with van der Waals surface area (Å²) in [4.78, 5) is 4.48. The van der Waals surface area contributed by atoms with Gasteiger partial charge >= 0.3 is 0 Å². The summed E-state index contributed by atoms with van der Waals surface area (Å²) in [5.74, 6) is -0.312. The molecule has 3 aromatic rings. The number of hydrogen-bond donors (Lipinski definition) is 1. The van der Waals surface area contributed by atoms with Crippen molar-refractivity contribution in [3.63, 3.8) is 0 Å². The largest absolute Gasteiger partial charge is 0.386 e. The van der Waals surface area contributed by atoms with Crippen molar-refractivity contribution in [2.24, 2.45) is 0 Å². The van der Waals surface area contributed by atoms with E-state index in [0.29, 0.717) is 11.3 Å². The van der Waals surface area contributed by atoms with Gasteiger partial charge in [-0.15, -0.1) is 0 Å². The van der Waals surface area contributed by atoms with Crippen molar-refractivity contribution in [2.75, 3.05) is 0 Å². The van der Waals surface area contributed by atoms with Crippen LogP contribution in [0.15, 0.2) is 59.1 Å². The van der Waals surface area contributed by atoms with E-state index in [1.54, 1.807) is 18.2 Å². The Hall–Kier alpha value is -1.78. The van der Waals surface area contributed by atoms with Gasteiger partial charge in [0.2, 0.25) is 0 Å². The Morgan fingerprint density at radius 1 is 1.10 bits per heavy atom. The van der Waals surface area contributed by atoms with Crippen molar-refractivity contribution < 1.29 is 9.50 Å². The van der Waals surface area contributed by atoms with Crippen LogP contribution < -0.4 is 0 Å². The first-order chi connectivity index (χ1) is 10.1. The predicted octanol–water partition coefficient (Wildman–Crippen LogP) is 4.41. The molecule has 3 rings (SSSR count). The number of aromatic nitrogens is 1. The summed E-state index contributed by atoms with van der Waals surface area (Å²) in [6.07, 6.45) is -0.669. The van der Waals surface area contributed by atoms with Crippen LogP contribution in [0.2, 0.25) is 0 Å². The fourth-order valence-electron chi connectivity index (χ4n) is 2.31. The van der Waals surface area contributed by atoms with Gasteiger partial charge in [-0.2, -0.15) is 0 Å². The van der Waals surface area contributed by atoms with Crippen LogP contribution in [-0.4, -0.2) is 10.1 Å². The van der Waals surface area contributed by atoms with Crippen molar-refractivity contribution in [3.8, 4) is 0 Å². The molecule has 0 amide bonds. The Morgan fingerprint density at radius 2 is 1.81 bits per heavy atom. The molecule has 1 N–H and O–H groups in total. The lowest BCUT2D eigenvalue weighted by Crippen LogP contribution is -2.06. The minimum Gasteiger partial charge on any atom is -0.386 e. The van der Waals surface area contributed by atoms with Crippen LogP contribution in [0.4, 0.5) is 4.39 Å². The van der Waals surface area contributed by atoms with Crippen LogP contribution in [0, 0.1) is 5.82 Å². The van der Waals surface area contributed by atoms with E-state index in [9.17, 15) is 9.50 Å². The Morgan fingerprint density at radius 3 is 2.62 bits per heavy atom. The number of para-hydroxylation sites is 1. The minimum absolute atomic E-state index is 0.191. The quantitative estimate of drug-likeness (QED) is 0.762. The van der Waals surface area contributed by atoms with E-state index in [0.717, 1.165) is 15.4 Å². The number of benzene rings is 2. The SMILES string of the molecule is OC(Cc1ccccc1F)c1nc2ccccc2cc1Br. The highest BCUT2D eigenvalue weighted by atomic mass is 79.9. The molecule has 21 heavy (non-hydrogen) atoms. The average Bonchev–Trinajstić information content (AvgIpc) is 2.49. The van der Waals surface area contributed by atoms with E-state index in [2.05, 4.69) is 20.9 Å². The molecule has 0 saturated heterocycles. The molecule has 1 heterocycles. The molecule has 0 bridgehead atoms. The Labute approximate surface area is 130 Å². The molecule has 4 heteroatoms. The molecule has 0 saturated carbocycles. The third-order valence-corrected chi connectivity index (χ3v) is 4.03. The zero-order chi connectivity index (χ0) is 14.8. The van der Waals surface area contributed by atoms with Gasteiger partial charge in [-0.3, -0.25) is 0 Å². The Bertz CT molecular complexity index is 791. The summed E-state index contributed by atoms with van der Waals surface area (Å²) in [5, 5.41) is 11.4. The van der Waals surface area contributed by atoms with Crippen molar-refractivity contribution in [2.45, 2.75) is 12.5 Å². The standard InChI is InChI=1S/C17H13BrFNO/c18-13-9-12-6-2-4-8-15(12)20-17(13)16(21)10-11-5-1-3-7-14(11)19/h1-9,16,21H,10H2. The van der Waals surface area contributed by atoms with Gasteiger partial charge in [-0.25, -0.2) is 9.37 Å². The Kier molecular flexibility index (Phi) is 3.99. The highest BCUT2D eigenvalue weighted by molar-refractivity contribution is 9.10. The predicted molar refractivity (Wildman–Crippen MR) is 84.5 cm³/mol. The van der Waals surface area contributed by atoms with Gasteiger partial charge in [0.05, 0.1) is 11.2 Å². The lowest BCUT2D eigenvalue weighted by atomic mass is 10.0. The lowest BCUT2D eigenvalue weighted by Gasteiger charge is -2.13. The molecule has 1 unspecified atom stereocenters. The number of halogens is 2. The van der Waals surface area contributed by atoms with Crippen molar-refractivity contribution in [1.29, 1.82) is 0 Å². The summed E-state index contributed by atoms with van der Waals surface area (Å²) in [5.41, 5.74) is 1.81. The van der Waals surface area contributed by atoms with Gasteiger partial charge in [0, 0.05) is 16.3 Å². The second-order valence-corrected chi connectivity index (χ2v) is 5.71. The molecule has 1 atom stereocenters. The van der Waals surface area contributed by atoms with Crippen LogP contribution in [-0.2, 0) is 6.42 Å². The first kappa shape index (κ1) is 14.2. The van der Waals surface area contributed by atoms with Crippen LogP contribution in [0.1, 0.15) is 17.4 Å². The molecule has 0 spiro atoms. The molecule has 0 fully saturated rings. The summed E-state index contributed by atoms with van der Waals surface area (Å²) in [6.45, 7) is 0. The number of pyridine rings is 1. The molecule has 0 aliphatic carbocycles. The van der Waals surface area contributed by atoms with E-state index in [1.165, 1.54) is 6.07 Å². The number of fused-ring (bicyclic) bond motifs is 1. The number of nitrogens with zero attached hydrogens (tertiary/aromatic N) is 1. The van der Waals surface area contributed by atoms with Crippen LogP contribution >= 0.6 is 15.9 Å². The van der Waals surface area contributed by atoms with Gasteiger partial charge in [-0.1, -0.05) is 36.4 Å². The van der Waals surface area contributed by atoms with Crippen LogP contribution in [0.5, 0.6) is 0 Å². The maximum atomic E-state index is 13.7. The normalized spacial score (nSPS) is 12.5. The molecular weight excluding hydrogens is 333 g/mol. The van der Waals surface area contributed by atoms with E-state index < -0.39 is 6.10 Å². The van der Waals surface area contributed by atoms with Gasteiger partial charge in [0.1, 0.15) is 11.9 Å². The maximum absolute atomic E-state index is 13.7. The van der Waals surface area contributed by atoms with Crippen LogP contribution in [0.25, 0.3) is 10.9 Å². The lowest BCUT2D eigenvalue weighted by molar-refractivity contribution is 0.172. The van der Waals surface area contributed by atoms with Gasteiger partial charge in [0.25, 0.3) is 0 Å². The molecule has 0 radical (unpaired) electrons. The van der Waals surface area contributed by atoms with E-state index >= 15 is 0 Å². The van der Waals surface area contributed by atoms with Gasteiger partial charge in [-0.05, 0) is 39.7 Å². The molecule has 106 valence electrons. The summed E-state index contributed by atoms with van der Waals surface area (Å²) >= 11 is 3.43. The maximum Gasteiger partial charge on any atom is 0.126 e. The fourth-order valence-corrected chi connectivity index (χ4v) is 2.91. The summed E-state index contributed by atoms with van der Waals surface area (Å²) < 4.78 is 14.4. The number of rotatable bonds is 3. The second kappa shape index (κ2) is 5.92. The number of aliphatic hydroxyl groups excluding tert-OH is 1. The molecule has 1 aromatic heterocycles. The number of hydrogen-bond acceptors (Lipinski definition) is 2. The van der Waals surface area contributed by atoms with E-state index in [1.807, 2.05) is 30.3 Å². The monoisotopic (exact) mass is 345 g/mol. The first-order valence-corrected chi connectivity index (χ1v) is 7.41. The van der Waals surface area contributed by atoms with Crippen molar-refractivity contribution in [1.82, 2.24) is 4.98 Å². The highest BCUT2D eigenvalue weighted by Crippen LogP contribution is 2.28. The van der Waals surface area contributed by atoms with Crippen LogP contribution in [0.3, 0.4) is 0 Å². The van der Waals surface area contributed by atoms with Crippen molar-refractivity contribution in [3.05, 3.63) is 76.1 Å². The second-order valence-electron chi connectivity index (χ2n) is 4.86. The van der Waals surface area contributed by atoms with Crippen molar-refractivity contribution >= 4 is 26.8 Å². The Balaban J connectivity index is 1.96. The molecular formula is C17H13BrFNO. The van der Waals surface area contributed by atoms with Gasteiger partial charge in [0.15, 0.2) is 0 Å². The zero-order valence-corrected chi connectivity index (χ0v) is 12.7. The zero-order valence-electron chi connectivity index (χ0n) is 11.1. The highest BCUT2D eigenvalue weighted by Gasteiger charge is 2.16. The molecule has 0 aliphatic rings. The third-order valence-electron chi connectivity index (χ3n) is 3.39. The topological polar surface area (TPSA) is 33.1 Å². The number of aliphatic hydroxyl groups is 1. The minimum atomic E-state index is -0.860. The van der Waals surface area contributed by atoms with E-state index in [-0.39, 0.29) is 12.2 Å². The average molecular weight is 346 g/mol. The molecule has 0 aliphatic heterocycles. The summed E-state index contributed by atoms with van der Waals surface area (Å²) in [6, 6.07) is 16.1. The molecule has 2 nitrogen and oxygen atoms in total.